The van der Waals surface area contributed by atoms with Crippen molar-refractivity contribution in [2.75, 3.05) is 0 Å². The van der Waals surface area contributed by atoms with Gasteiger partial charge in [-0.3, -0.25) is 4.79 Å². The highest BCUT2D eigenvalue weighted by molar-refractivity contribution is 7.80. The molecule has 86 valence electrons. The van der Waals surface area contributed by atoms with E-state index in [9.17, 15) is 4.79 Å². The maximum atomic E-state index is 11.8. The molecule has 0 saturated carbocycles. The number of aryl methyl sites for hydroxylation is 1. The molecule has 1 aromatic carbocycles. The third-order valence-electron chi connectivity index (χ3n) is 2.21. The first kappa shape index (κ1) is 12.9. The molecule has 0 aliphatic carbocycles. The van der Waals surface area contributed by atoms with Gasteiger partial charge in [-0.25, -0.2) is 0 Å². The Hall–Kier alpha value is -1.13. The summed E-state index contributed by atoms with van der Waals surface area (Å²) in [6.07, 6.45) is 0. The van der Waals surface area contributed by atoms with Crippen molar-refractivity contribution in [3.63, 3.8) is 0 Å². The number of rotatable bonds is 3. The molecule has 0 saturated heterocycles. The zero-order valence-corrected chi connectivity index (χ0v) is 10.7. The summed E-state index contributed by atoms with van der Waals surface area (Å²) in [6, 6.07) is 4.94. The summed E-state index contributed by atoms with van der Waals surface area (Å²) >= 11 is 10.8. The molecule has 1 atom stereocenters. The van der Waals surface area contributed by atoms with Crippen molar-refractivity contribution in [1.29, 1.82) is 0 Å². The van der Waals surface area contributed by atoms with Crippen molar-refractivity contribution in [1.82, 2.24) is 5.32 Å². The Bertz CT molecular complexity index is 434. The van der Waals surface area contributed by atoms with Crippen LogP contribution < -0.4 is 11.1 Å². The Labute approximate surface area is 105 Å². The second-order valence-corrected chi connectivity index (χ2v) is 4.38. The third kappa shape index (κ3) is 2.93. The van der Waals surface area contributed by atoms with E-state index in [1.165, 1.54) is 0 Å². The fourth-order valence-electron chi connectivity index (χ4n) is 1.17. The lowest BCUT2D eigenvalue weighted by molar-refractivity contribution is 0.0949. The van der Waals surface area contributed by atoms with E-state index in [-0.39, 0.29) is 16.9 Å². The van der Waals surface area contributed by atoms with E-state index in [2.05, 4.69) is 5.32 Å². The maximum Gasteiger partial charge on any atom is 0.253 e. The molecule has 0 aromatic heterocycles. The van der Waals surface area contributed by atoms with Crippen molar-refractivity contribution in [2.45, 2.75) is 19.9 Å². The number of thiocarbonyl (C=S) groups is 1. The largest absolute Gasteiger partial charge is 0.392 e. The first-order valence-corrected chi connectivity index (χ1v) is 5.57. The van der Waals surface area contributed by atoms with Gasteiger partial charge in [0.1, 0.15) is 0 Å². The Balaban J connectivity index is 2.89. The van der Waals surface area contributed by atoms with Crippen molar-refractivity contribution in [3.05, 3.63) is 34.3 Å². The van der Waals surface area contributed by atoms with Crippen LogP contribution >= 0.6 is 23.8 Å². The molecule has 0 heterocycles. The molecule has 5 heteroatoms. The normalized spacial score (nSPS) is 11.9. The van der Waals surface area contributed by atoms with Gasteiger partial charge in [0.05, 0.1) is 21.6 Å². The highest BCUT2D eigenvalue weighted by atomic mass is 35.5. The molecule has 1 unspecified atom stereocenters. The number of carbonyl (C=O) groups is 1. The summed E-state index contributed by atoms with van der Waals surface area (Å²) in [5.74, 6) is -0.269. The molecule has 0 spiro atoms. The highest BCUT2D eigenvalue weighted by Crippen LogP contribution is 2.20. The van der Waals surface area contributed by atoms with Crippen molar-refractivity contribution < 1.29 is 4.79 Å². The number of hydrogen-bond donors (Lipinski definition) is 2. The van der Waals surface area contributed by atoms with E-state index >= 15 is 0 Å². The lowest BCUT2D eigenvalue weighted by Crippen LogP contribution is -2.41. The van der Waals surface area contributed by atoms with E-state index in [1.807, 2.05) is 13.0 Å². The van der Waals surface area contributed by atoms with Crippen LogP contribution in [0.5, 0.6) is 0 Å². The number of amides is 1. The number of nitrogens with two attached hydrogens (primary N) is 1. The summed E-state index contributed by atoms with van der Waals surface area (Å²) in [5, 5.41) is 3.13. The predicted octanol–water partition coefficient (Wildman–Crippen LogP) is 2.05. The van der Waals surface area contributed by atoms with E-state index in [4.69, 9.17) is 29.6 Å². The first-order chi connectivity index (χ1) is 7.43. The summed E-state index contributed by atoms with van der Waals surface area (Å²) < 4.78 is 0. The van der Waals surface area contributed by atoms with Crippen LogP contribution in [0.3, 0.4) is 0 Å². The fraction of sp³-hybridized carbons (Fsp3) is 0.273. The van der Waals surface area contributed by atoms with Crippen LogP contribution in [0.2, 0.25) is 5.02 Å². The summed E-state index contributed by atoms with van der Waals surface area (Å²) in [4.78, 5) is 12.1. The number of nitrogens with one attached hydrogen (secondary N) is 1. The van der Waals surface area contributed by atoms with Gasteiger partial charge in [0, 0.05) is 0 Å². The molecule has 1 rings (SSSR count). The van der Waals surface area contributed by atoms with E-state index in [0.29, 0.717) is 10.6 Å². The first-order valence-electron chi connectivity index (χ1n) is 4.78. The lowest BCUT2D eigenvalue weighted by atomic mass is 10.1. The number of hydrogen-bond acceptors (Lipinski definition) is 2. The highest BCUT2D eigenvalue weighted by Gasteiger charge is 2.14. The van der Waals surface area contributed by atoms with E-state index < -0.39 is 0 Å². The van der Waals surface area contributed by atoms with Gasteiger partial charge < -0.3 is 11.1 Å². The van der Waals surface area contributed by atoms with Gasteiger partial charge in [-0.1, -0.05) is 36.0 Å². The van der Waals surface area contributed by atoms with Gasteiger partial charge >= 0.3 is 0 Å². The minimum atomic E-state index is -0.348. The van der Waals surface area contributed by atoms with Gasteiger partial charge in [-0.15, -0.1) is 0 Å². The summed E-state index contributed by atoms with van der Waals surface area (Å²) in [5.41, 5.74) is 6.71. The predicted molar refractivity (Wildman–Crippen MR) is 69.9 cm³/mol. The van der Waals surface area contributed by atoms with Gasteiger partial charge in [0.25, 0.3) is 5.91 Å². The fourth-order valence-corrected chi connectivity index (χ4v) is 1.44. The van der Waals surface area contributed by atoms with Crippen LogP contribution in [0.1, 0.15) is 22.8 Å². The molecule has 0 aliphatic heterocycles. The second kappa shape index (κ2) is 5.27. The molecular weight excluding hydrogens is 244 g/mol. The van der Waals surface area contributed by atoms with Crippen molar-refractivity contribution in [2.24, 2.45) is 5.73 Å². The zero-order valence-electron chi connectivity index (χ0n) is 9.08. The SMILES string of the molecule is Cc1cccc(C(=O)NC(C)C(N)=S)c1Cl. The molecule has 3 nitrogen and oxygen atoms in total. The van der Waals surface area contributed by atoms with Crippen LogP contribution in [-0.4, -0.2) is 16.9 Å². The Morgan fingerprint density at radius 1 is 1.56 bits per heavy atom. The molecule has 16 heavy (non-hydrogen) atoms. The molecule has 3 N–H and O–H groups in total. The number of halogens is 1. The standard InChI is InChI=1S/C11H13ClN2OS/c1-6-4-3-5-8(9(6)12)11(15)14-7(2)10(13)16/h3-5,7H,1-2H3,(H2,13,16)(H,14,15). The summed E-state index contributed by atoms with van der Waals surface area (Å²) in [7, 11) is 0. The average molecular weight is 257 g/mol. The number of benzene rings is 1. The molecule has 0 aliphatic rings. The Kier molecular flexibility index (Phi) is 4.26. The summed E-state index contributed by atoms with van der Waals surface area (Å²) in [6.45, 7) is 3.57. The quantitative estimate of drug-likeness (QED) is 0.814. The van der Waals surface area contributed by atoms with Gasteiger partial charge in [0.2, 0.25) is 0 Å². The zero-order chi connectivity index (χ0) is 12.3. The van der Waals surface area contributed by atoms with Crippen LogP contribution in [-0.2, 0) is 0 Å². The molecule has 1 amide bonds. The van der Waals surface area contributed by atoms with E-state index in [1.54, 1.807) is 19.1 Å². The van der Waals surface area contributed by atoms with Gasteiger partial charge in [0.15, 0.2) is 0 Å². The smallest absolute Gasteiger partial charge is 0.253 e. The Morgan fingerprint density at radius 2 is 2.19 bits per heavy atom. The van der Waals surface area contributed by atoms with Gasteiger partial charge in [-0.05, 0) is 25.5 Å². The lowest BCUT2D eigenvalue weighted by Gasteiger charge is -2.13. The van der Waals surface area contributed by atoms with Crippen molar-refractivity contribution >= 4 is 34.7 Å². The minimum Gasteiger partial charge on any atom is -0.392 e. The second-order valence-electron chi connectivity index (χ2n) is 3.53. The maximum absolute atomic E-state index is 11.8. The van der Waals surface area contributed by atoms with Gasteiger partial charge in [-0.2, -0.15) is 0 Å². The van der Waals surface area contributed by atoms with Crippen LogP contribution in [0.15, 0.2) is 18.2 Å². The number of carbonyl (C=O) groups excluding carboxylic acids is 1. The molecule has 0 fully saturated rings. The molecule has 1 aromatic rings. The average Bonchev–Trinajstić information content (AvgIpc) is 2.21. The molecule has 0 radical (unpaired) electrons. The topological polar surface area (TPSA) is 55.1 Å². The minimum absolute atomic E-state index is 0.247. The molecule has 0 bridgehead atoms. The Morgan fingerprint density at radius 3 is 2.75 bits per heavy atom. The monoisotopic (exact) mass is 256 g/mol. The van der Waals surface area contributed by atoms with Crippen molar-refractivity contribution in [3.8, 4) is 0 Å². The van der Waals surface area contributed by atoms with Crippen LogP contribution in [0.25, 0.3) is 0 Å². The van der Waals surface area contributed by atoms with Crippen LogP contribution in [0.4, 0.5) is 0 Å². The molecular formula is C11H13ClN2OS. The van der Waals surface area contributed by atoms with E-state index in [0.717, 1.165) is 5.56 Å². The third-order valence-corrected chi connectivity index (χ3v) is 3.07. The van der Waals surface area contributed by atoms with Crippen LogP contribution in [0, 0.1) is 6.92 Å².